The van der Waals surface area contributed by atoms with E-state index in [1.54, 1.807) is 6.20 Å². The number of carbonyl (C=O) groups is 1. The molecule has 0 spiro atoms. The van der Waals surface area contributed by atoms with Gasteiger partial charge in [0, 0.05) is 49.2 Å². The van der Waals surface area contributed by atoms with Crippen molar-refractivity contribution in [3.05, 3.63) is 34.9 Å². The monoisotopic (exact) mass is 301 g/mol. The largest absolute Gasteiger partial charge is 0.342 e. The molecule has 22 heavy (non-hydrogen) atoms. The highest BCUT2D eigenvalue weighted by atomic mass is 16.2. The molecule has 0 unspecified atom stereocenters. The Hall–Kier alpha value is -2.11. The second-order valence-electron chi connectivity index (χ2n) is 6.14. The standard InChI is InChI=1S/C16H23N5O/c1-11-14(12(2)20(3)19-11)9-16(22)21-8-4-5-13(10-21)15-6-7-17-18-15/h6-7,13H,4-5,8-10H2,1-3H3,(H,17,18)/t13-/m0/s1. The number of piperidine rings is 1. The summed E-state index contributed by atoms with van der Waals surface area (Å²) >= 11 is 0. The van der Waals surface area contributed by atoms with E-state index in [0.717, 1.165) is 48.6 Å². The van der Waals surface area contributed by atoms with Crippen molar-refractivity contribution in [3.8, 4) is 0 Å². The summed E-state index contributed by atoms with van der Waals surface area (Å²) in [6, 6.07) is 2.01. The fraction of sp³-hybridized carbons (Fsp3) is 0.562. The summed E-state index contributed by atoms with van der Waals surface area (Å²) in [6.07, 6.45) is 4.37. The number of aromatic nitrogens is 4. The number of likely N-dealkylation sites (tertiary alicyclic amines) is 1. The van der Waals surface area contributed by atoms with Crippen molar-refractivity contribution in [2.24, 2.45) is 7.05 Å². The van der Waals surface area contributed by atoms with E-state index in [-0.39, 0.29) is 5.91 Å². The fourth-order valence-corrected chi connectivity index (χ4v) is 3.29. The zero-order chi connectivity index (χ0) is 15.7. The molecule has 0 aromatic carbocycles. The lowest BCUT2D eigenvalue weighted by atomic mass is 9.94. The van der Waals surface area contributed by atoms with Crippen LogP contribution in [0.15, 0.2) is 12.3 Å². The van der Waals surface area contributed by atoms with E-state index in [1.165, 1.54) is 0 Å². The van der Waals surface area contributed by atoms with Crippen LogP contribution in [0, 0.1) is 13.8 Å². The van der Waals surface area contributed by atoms with Gasteiger partial charge in [-0.2, -0.15) is 10.2 Å². The molecule has 1 amide bonds. The van der Waals surface area contributed by atoms with Crippen molar-refractivity contribution in [1.29, 1.82) is 0 Å². The van der Waals surface area contributed by atoms with E-state index < -0.39 is 0 Å². The van der Waals surface area contributed by atoms with Gasteiger partial charge >= 0.3 is 0 Å². The number of rotatable bonds is 3. The Bertz CT molecular complexity index is 658. The number of nitrogens with zero attached hydrogens (tertiary/aromatic N) is 4. The van der Waals surface area contributed by atoms with Gasteiger partial charge in [-0.25, -0.2) is 0 Å². The maximum atomic E-state index is 12.7. The molecule has 3 heterocycles. The molecule has 1 aliphatic rings. The third-order valence-corrected chi connectivity index (χ3v) is 4.72. The lowest BCUT2D eigenvalue weighted by Gasteiger charge is -2.32. The van der Waals surface area contributed by atoms with Crippen LogP contribution in [-0.2, 0) is 18.3 Å². The molecule has 1 atom stereocenters. The highest BCUT2D eigenvalue weighted by Crippen LogP contribution is 2.26. The number of nitrogens with one attached hydrogen (secondary N) is 1. The van der Waals surface area contributed by atoms with Gasteiger partial charge in [-0.3, -0.25) is 14.6 Å². The Labute approximate surface area is 130 Å². The van der Waals surface area contributed by atoms with Crippen LogP contribution in [-0.4, -0.2) is 43.9 Å². The van der Waals surface area contributed by atoms with Crippen molar-refractivity contribution in [2.45, 2.75) is 39.0 Å². The van der Waals surface area contributed by atoms with Crippen molar-refractivity contribution in [2.75, 3.05) is 13.1 Å². The molecule has 0 radical (unpaired) electrons. The summed E-state index contributed by atoms with van der Waals surface area (Å²) < 4.78 is 1.85. The Morgan fingerprint density at radius 2 is 2.27 bits per heavy atom. The van der Waals surface area contributed by atoms with Crippen molar-refractivity contribution in [1.82, 2.24) is 24.9 Å². The van der Waals surface area contributed by atoms with Crippen LogP contribution in [0.2, 0.25) is 0 Å². The fourth-order valence-electron chi connectivity index (χ4n) is 3.29. The first-order valence-electron chi connectivity index (χ1n) is 7.82. The highest BCUT2D eigenvalue weighted by molar-refractivity contribution is 5.79. The summed E-state index contributed by atoms with van der Waals surface area (Å²) in [5.41, 5.74) is 4.23. The molecule has 3 rings (SSSR count). The van der Waals surface area contributed by atoms with Crippen LogP contribution >= 0.6 is 0 Å². The third-order valence-electron chi connectivity index (χ3n) is 4.72. The van der Waals surface area contributed by atoms with Crippen LogP contribution in [0.25, 0.3) is 0 Å². The number of carbonyl (C=O) groups excluding carboxylic acids is 1. The van der Waals surface area contributed by atoms with Crippen LogP contribution in [0.4, 0.5) is 0 Å². The van der Waals surface area contributed by atoms with E-state index in [2.05, 4.69) is 15.3 Å². The summed E-state index contributed by atoms with van der Waals surface area (Å²) in [5, 5.41) is 11.5. The Morgan fingerprint density at radius 1 is 1.45 bits per heavy atom. The van der Waals surface area contributed by atoms with Gasteiger partial charge < -0.3 is 4.90 Å². The molecule has 2 aromatic rings. The Kier molecular flexibility index (Phi) is 4.00. The zero-order valence-electron chi connectivity index (χ0n) is 13.5. The van der Waals surface area contributed by atoms with Crippen molar-refractivity contribution >= 4 is 5.91 Å². The predicted octanol–water partition coefficient (Wildman–Crippen LogP) is 1.71. The Morgan fingerprint density at radius 3 is 2.91 bits per heavy atom. The first kappa shape index (κ1) is 14.8. The maximum Gasteiger partial charge on any atom is 0.227 e. The van der Waals surface area contributed by atoms with Gasteiger partial charge in [-0.15, -0.1) is 0 Å². The van der Waals surface area contributed by atoms with Crippen LogP contribution in [0.5, 0.6) is 0 Å². The molecule has 1 saturated heterocycles. The number of aromatic amines is 1. The summed E-state index contributed by atoms with van der Waals surface area (Å²) in [6.45, 7) is 5.62. The van der Waals surface area contributed by atoms with Crippen LogP contribution in [0.3, 0.4) is 0 Å². The van der Waals surface area contributed by atoms with Gasteiger partial charge in [0.05, 0.1) is 12.1 Å². The SMILES string of the molecule is Cc1nn(C)c(C)c1CC(=O)N1CCC[C@H](c2ccn[nH]2)C1. The first-order valence-corrected chi connectivity index (χ1v) is 7.82. The molecule has 0 saturated carbocycles. The van der Waals surface area contributed by atoms with Crippen LogP contribution in [0.1, 0.15) is 41.4 Å². The van der Waals surface area contributed by atoms with Gasteiger partial charge in [0.25, 0.3) is 0 Å². The minimum Gasteiger partial charge on any atom is -0.342 e. The maximum absolute atomic E-state index is 12.7. The molecule has 118 valence electrons. The lowest BCUT2D eigenvalue weighted by Crippen LogP contribution is -2.40. The van der Waals surface area contributed by atoms with Crippen molar-refractivity contribution in [3.63, 3.8) is 0 Å². The summed E-state index contributed by atoms with van der Waals surface area (Å²) in [4.78, 5) is 14.6. The average molecular weight is 301 g/mol. The molecule has 6 nitrogen and oxygen atoms in total. The minimum atomic E-state index is 0.198. The second kappa shape index (κ2) is 5.94. The van der Waals surface area contributed by atoms with E-state index in [9.17, 15) is 4.79 Å². The molecule has 1 aliphatic heterocycles. The van der Waals surface area contributed by atoms with Gasteiger partial charge in [0.15, 0.2) is 0 Å². The number of amides is 1. The average Bonchev–Trinajstić information content (AvgIpc) is 3.12. The van der Waals surface area contributed by atoms with Gasteiger partial charge in [-0.1, -0.05) is 0 Å². The van der Waals surface area contributed by atoms with E-state index in [4.69, 9.17) is 0 Å². The topological polar surface area (TPSA) is 66.8 Å². The van der Waals surface area contributed by atoms with Gasteiger partial charge in [-0.05, 0) is 32.8 Å². The minimum absolute atomic E-state index is 0.198. The Balaban J connectivity index is 1.69. The van der Waals surface area contributed by atoms with Gasteiger partial charge in [0.1, 0.15) is 0 Å². The molecule has 0 aliphatic carbocycles. The van der Waals surface area contributed by atoms with E-state index in [0.29, 0.717) is 12.3 Å². The second-order valence-corrected chi connectivity index (χ2v) is 6.14. The number of H-pyrrole nitrogens is 1. The molecule has 2 aromatic heterocycles. The number of aryl methyl sites for hydroxylation is 2. The quantitative estimate of drug-likeness (QED) is 0.938. The van der Waals surface area contributed by atoms with E-state index >= 15 is 0 Å². The van der Waals surface area contributed by atoms with Crippen LogP contribution < -0.4 is 0 Å². The van der Waals surface area contributed by atoms with E-state index in [1.807, 2.05) is 36.5 Å². The molecule has 1 fully saturated rings. The normalized spacial score (nSPS) is 18.7. The highest BCUT2D eigenvalue weighted by Gasteiger charge is 2.26. The smallest absolute Gasteiger partial charge is 0.227 e. The molecule has 0 bridgehead atoms. The summed E-state index contributed by atoms with van der Waals surface area (Å²) in [5.74, 6) is 0.569. The molecule has 1 N–H and O–H groups in total. The molecular weight excluding hydrogens is 278 g/mol. The van der Waals surface area contributed by atoms with Crippen molar-refractivity contribution < 1.29 is 4.79 Å². The summed E-state index contributed by atoms with van der Waals surface area (Å²) in [7, 11) is 1.92. The lowest BCUT2D eigenvalue weighted by molar-refractivity contribution is -0.131. The zero-order valence-corrected chi connectivity index (χ0v) is 13.5. The number of hydrogen-bond acceptors (Lipinski definition) is 3. The molecular formula is C16H23N5O. The molecule has 6 heteroatoms. The third kappa shape index (κ3) is 2.77. The first-order chi connectivity index (χ1) is 10.6. The number of hydrogen-bond donors (Lipinski definition) is 1. The van der Waals surface area contributed by atoms with Gasteiger partial charge in [0.2, 0.25) is 5.91 Å². The predicted molar refractivity (Wildman–Crippen MR) is 83.5 cm³/mol.